The fourth-order valence-corrected chi connectivity index (χ4v) is 2.90. The van der Waals surface area contributed by atoms with Crippen molar-refractivity contribution in [2.75, 3.05) is 10.6 Å². The van der Waals surface area contributed by atoms with Crippen LogP contribution in [0.1, 0.15) is 31.5 Å². The summed E-state index contributed by atoms with van der Waals surface area (Å²) in [7, 11) is 0. The summed E-state index contributed by atoms with van der Waals surface area (Å²) in [6, 6.07) is -0.745. The third-order valence-corrected chi connectivity index (χ3v) is 4.49. The van der Waals surface area contributed by atoms with Crippen LogP contribution in [0.3, 0.4) is 0 Å². The molecule has 0 aliphatic heterocycles. The molecule has 29 heavy (non-hydrogen) atoms. The number of alkyl halides is 6. The average molecular weight is 427 g/mol. The van der Waals surface area contributed by atoms with Gasteiger partial charge in [-0.1, -0.05) is 6.58 Å². The second kappa shape index (κ2) is 7.43. The van der Waals surface area contributed by atoms with E-state index in [4.69, 9.17) is 0 Å². The molecule has 0 aromatic carbocycles. The number of nitrogens with one attached hydrogen (secondary N) is 2. The molecule has 0 radical (unpaired) electrons. The van der Waals surface area contributed by atoms with Crippen molar-refractivity contribution in [3.63, 3.8) is 0 Å². The molecular formula is C16H16F7N5O. The van der Waals surface area contributed by atoms with Crippen molar-refractivity contribution in [1.82, 2.24) is 15.0 Å². The fraction of sp³-hybridized carbons (Fsp3) is 0.562. The normalized spacial score (nSPS) is 24.8. The third kappa shape index (κ3) is 4.77. The van der Waals surface area contributed by atoms with Gasteiger partial charge >= 0.3 is 6.18 Å². The van der Waals surface area contributed by atoms with Gasteiger partial charge in [-0.15, -0.1) is 0 Å². The SMILES string of the molecule is C=C(Nc1nc(NC2CC(F)(F)C2)nc(C2=C(F)C(O)C(F)CC2)n1)C(F)(F)F. The van der Waals surface area contributed by atoms with E-state index in [-0.39, 0.29) is 24.4 Å². The first-order valence-electron chi connectivity index (χ1n) is 8.50. The summed E-state index contributed by atoms with van der Waals surface area (Å²) in [5, 5.41) is 13.9. The van der Waals surface area contributed by atoms with Gasteiger partial charge in [-0.25, -0.2) is 17.6 Å². The molecule has 1 aromatic rings. The molecule has 3 rings (SSSR count). The van der Waals surface area contributed by atoms with Gasteiger partial charge in [0.15, 0.2) is 5.82 Å². The van der Waals surface area contributed by atoms with Crippen LogP contribution in [0.15, 0.2) is 18.1 Å². The van der Waals surface area contributed by atoms with E-state index in [1.807, 2.05) is 5.32 Å². The maximum Gasteiger partial charge on any atom is 0.430 e. The van der Waals surface area contributed by atoms with Gasteiger partial charge in [0, 0.05) is 24.5 Å². The van der Waals surface area contributed by atoms with Gasteiger partial charge in [0.1, 0.15) is 23.8 Å². The maximum atomic E-state index is 14.3. The van der Waals surface area contributed by atoms with Gasteiger partial charge in [-0.05, 0) is 12.8 Å². The Balaban J connectivity index is 1.93. The van der Waals surface area contributed by atoms with Crippen LogP contribution in [-0.4, -0.2) is 50.5 Å². The van der Waals surface area contributed by atoms with Gasteiger partial charge < -0.3 is 15.7 Å². The van der Waals surface area contributed by atoms with E-state index in [1.54, 1.807) is 0 Å². The zero-order valence-corrected chi connectivity index (χ0v) is 14.7. The number of hydrogen-bond acceptors (Lipinski definition) is 6. The molecule has 0 amide bonds. The minimum Gasteiger partial charge on any atom is -0.383 e. The number of rotatable bonds is 5. The van der Waals surface area contributed by atoms with Crippen molar-refractivity contribution >= 4 is 17.5 Å². The summed E-state index contributed by atoms with van der Waals surface area (Å²) in [6.45, 7) is 2.81. The first-order valence-corrected chi connectivity index (χ1v) is 8.50. The first kappa shape index (κ1) is 21.3. The highest BCUT2D eigenvalue weighted by Crippen LogP contribution is 2.39. The molecule has 0 spiro atoms. The summed E-state index contributed by atoms with van der Waals surface area (Å²) in [4.78, 5) is 11.2. The minimum absolute atomic E-state index is 0.228. The monoisotopic (exact) mass is 427 g/mol. The predicted molar refractivity (Wildman–Crippen MR) is 88.4 cm³/mol. The van der Waals surface area contributed by atoms with E-state index in [0.29, 0.717) is 0 Å². The summed E-state index contributed by atoms with van der Waals surface area (Å²) in [5.41, 5.74) is -1.73. The second-order valence-corrected chi connectivity index (χ2v) is 6.84. The molecule has 2 unspecified atom stereocenters. The third-order valence-electron chi connectivity index (χ3n) is 4.49. The maximum absolute atomic E-state index is 14.3. The Morgan fingerprint density at radius 1 is 1.14 bits per heavy atom. The zero-order chi connectivity index (χ0) is 21.6. The Bertz CT molecular complexity index is 833. The molecule has 3 N–H and O–H groups in total. The zero-order valence-electron chi connectivity index (χ0n) is 14.7. The van der Waals surface area contributed by atoms with Crippen LogP contribution in [-0.2, 0) is 0 Å². The highest BCUT2D eigenvalue weighted by atomic mass is 19.4. The van der Waals surface area contributed by atoms with Gasteiger partial charge in [0.2, 0.25) is 11.9 Å². The summed E-state index contributed by atoms with van der Waals surface area (Å²) >= 11 is 0. The second-order valence-electron chi connectivity index (χ2n) is 6.84. The quantitative estimate of drug-likeness (QED) is 0.621. The Hall–Kier alpha value is -2.44. The fourth-order valence-electron chi connectivity index (χ4n) is 2.90. The van der Waals surface area contributed by atoms with Crippen LogP contribution >= 0.6 is 0 Å². The Morgan fingerprint density at radius 2 is 1.76 bits per heavy atom. The molecule has 160 valence electrons. The number of aliphatic hydroxyl groups is 1. The number of anilines is 2. The van der Waals surface area contributed by atoms with Crippen molar-refractivity contribution in [2.45, 2.75) is 56.1 Å². The molecule has 0 bridgehead atoms. The standard InChI is InChI=1S/C16H16F7N5O/c1-6(16(21,22)23)24-13-26-12(8-2-3-9(17)11(29)10(8)18)27-14(28-13)25-7-4-15(19,20)5-7/h7,9,11,29H,1-5H2,(H2,24,25,26,27,28). The lowest BCUT2D eigenvalue weighted by Gasteiger charge is -2.35. The number of aliphatic hydroxyl groups excluding tert-OH is 1. The van der Waals surface area contributed by atoms with Crippen LogP contribution in [0.2, 0.25) is 0 Å². The van der Waals surface area contributed by atoms with Crippen LogP contribution < -0.4 is 10.6 Å². The molecular weight excluding hydrogens is 411 g/mol. The first-order chi connectivity index (χ1) is 13.4. The van der Waals surface area contributed by atoms with Gasteiger partial charge in [-0.2, -0.15) is 28.1 Å². The Labute approximate surface area is 159 Å². The molecule has 1 saturated carbocycles. The molecule has 1 aromatic heterocycles. The van der Waals surface area contributed by atoms with Crippen LogP contribution in [0.4, 0.5) is 42.6 Å². The molecule has 0 saturated heterocycles. The predicted octanol–water partition coefficient (Wildman–Crippen LogP) is 3.74. The Morgan fingerprint density at radius 3 is 2.34 bits per heavy atom. The molecule has 13 heteroatoms. The van der Waals surface area contributed by atoms with Crippen LogP contribution in [0.25, 0.3) is 5.57 Å². The number of hydrogen-bond donors (Lipinski definition) is 3. The lowest BCUT2D eigenvalue weighted by atomic mass is 9.88. The highest BCUT2D eigenvalue weighted by molar-refractivity contribution is 5.66. The minimum atomic E-state index is -4.83. The number of allylic oxidation sites excluding steroid dienone is 2. The molecule has 1 heterocycles. The van der Waals surface area contributed by atoms with Crippen molar-refractivity contribution in [3.8, 4) is 0 Å². The molecule has 1 fully saturated rings. The number of aromatic nitrogens is 3. The lowest BCUT2D eigenvalue weighted by molar-refractivity contribution is -0.0900. The van der Waals surface area contributed by atoms with E-state index in [0.717, 1.165) is 0 Å². The number of nitrogens with zero attached hydrogens (tertiary/aromatic N) is 3. The smallest absolute Gasteiger partial charge is 0.383 e. The number of halogens is 7. The van der Waals surface area contributed by atoms with E-state index in [2.05, 4.69) is 26.8 Å². The lowest BCUT2D eigenvalue weighted by Crippen LogP contribution is -2.44. The largest absolute Gasteiger partial charge is 0.430 e. The molecule has 2 atom stereocenters. The van der Waals surface area contributed by atoms with E-state index in [9.17, 15) is 35.8 Å². The van der Waals surface area contributed by atoms with E-state index < -0.39 is 66.6 Å². The molecule has 2 aliphatic carbocycles. The molecule has 6 nitrogen and oxygen atoms in total. The van der Waals surface area contributed by atoms with Crippen molar-refractivity contribution in [1.29, 1.82) is 0 Å². The van der Waals surface area contributed by atoms with Crippen LogP contribution in [0.5, 0.6) is 0 Å². The van der Waals surface area contributed by atoms with Crippen molar-refractivity contribution in [2.24, 2.45) is 0 Å². The van der Waals surface area contributed by atoms with E-state index >= 15 is 0 Å². The summed E-state index contributed by atoms with van der Waals surface area (Å²) < 4.78 is 92.0. The highest BCUT2D eigenvalue weighted by Gasteiger charge is 2.45. The average Bonchev–Trinajstić information content (AvgIpc) is 2.57. The molecule has 2 aliphatic rings. The van der Waals surface area contributed by atoms with Gasteiger partial charge in [0.05, 0.1) is 0 Å². The van der Waals surface area contributed by atoms with Gasteiger partial charge in [-0.3, -0.25) is 0 Å². The Kier molecular flexibility index (Phi) is 5.45. The van der Waals surface area contributed by atoms with Crippen molar-refractivity contribution in [3.05, 3.63) is 23.9 Å². The van der Waals surface area contributed by atoms with E-state index in [1.165, 1.54) is 0 Å². The van der Waals surface area contributed by atoms with Crippen LogP contribution in [0, 0.1) is 0 Å². The van der Waals surface area contributed by atoms with Crippen molar-refractivity contribution < 1.29 is 35.8 Å². The summed E-state index contributed by atoms with van der Waals surface area (Å²) in [5.74, 6) is -5.61. The topological polar surface area (TPSA) is 83.0 Å². The van der Waals surface area contributed by atoms with Gasteiger partial charge in [0.25, 0.3) is 5.92 Å². The summed E-state index contributed by atoms with van der Waals surface area (Å²) in [6.07, 6.45) is -10.3.